The van der Waals surface area contributed by atoms with Gasteiger partial charge >= 0.3 is 0 Å². The second-order valence-corrected chi connectivity index (χ2v) is 7.36. The maximum absolute atomic E-state index is 2.33. The zero-order chi connectivity index (χ0) is 9.47. The molecule has 0 radical (unpaired) electrons. The highest BCUT2D eigenvalue weighted by Crippen LogP contribution is 2.54. The van der Waals surface area contributed by atoms with E-state index in [1.54, 1.807) is 9.90 Å². The van der Waals surface area contributed by atoms with Gasteiger partial charge in [-0.1, -0.05) is 57.2 Å². The van der Waals surface area contributed by atoms with Gasteiger partial charge in [-0.25, -0.2) is 0 Å². The molecule has 1 aliphatic heterocycles. The summed E-state index contributed by atoms with van der Waals surface area (Å²) in [5, 5.41) is 0.443. The van der Waals surface area contributed by atoms with E-state index in [0.717, 1.165) is 0 Å². The van der Waals surface area contributed by atoms with Crippen molar-refractivity contribution in [2.45, 2.75) is 25.9 Å². The van der Waals surface area contributed by atoms with Crippen LogP contribution in [0.5, 0.6) is 0 Å². The molecule has 1 heteroatoms. The minimum absolute atomic E-state index is 0.0296. The van der Waals surface area contributed by atoms with Crippen LogP contribution in [0, 0.1) is 9.90 Å². The Morgan fingerprint density at radius 2 is 1.31 bits per heavy atom. The first kappa shape index (κ1) is 8.84. The Balaban J connectivity index is 2.62. The summed E-state index contributed by atoms with van der Waals surface area (Å²) in [4.78, 5) is 3.17. The van der Waals surface area contributed by atoms with Gasteiger partial charge in [0.15, 0.2) is 0 Å². The Bertz CT molecular complexity index is 423. The fraction of sp³-hybridized carbons (Fsp3) is 0.333. The van der Waals surface area contributed by atoms with E-state index >= 15 is 0 Å². The Kier molecular flexibility index (Phi) is 1.96. The monoisotopic (exact) mass is 190 g/mol. The van der Waals surface area contributed by atoms with Crippen LogP contribution in [0.4, 0.5) is 0 Å². The minimum Gasteiger partial charge on any atom is -0.103 e. The molecule has 1 heterocycles. The Labute approximate surface area is 80.3 Å². The zero-order valence-electron chi connectivity index (χ0n) is 8.41. The summed E-state index contributed by atoms with van der Waals surface area (Å²) >= 11 is 0. The summed E-state index contributed by atoms with van der Waals surface area (Å²) in [6, 6.07) is 13.0. The molecule has 0 aromatic rings. The fourth-order valence-electron chi connectivity index (χ4n) is 1.66. The van der Waals surface area contributed by atoms with Gasteiger partial charge in [0.05, 0.1) is 0 Å². The van der Waals surface area contributed by atoms with Crippen molar-refractivity contribution < 1.29 is 0 Å². The summed E-state index contributed by atoms with van der Waals surface area (Å²) in [6.07, 6.45) is 0. The fourth-order valence-corrected chi connectivity index (χ4v) is 4.25. The molecule has 0 N–H and O–H groups in total. The highest BCUT2D eigenvalue weighted by molar-refractivity contribution is 7.54. The van der Waals surface area contributed by atoms with Gasteiger partial charge in [0.1, 0.15) is 0 Å². The lowest BCUT2D eigenvalue weighted by Crippen LogP contribution is -1.96. The third-order valence-electron chi connectivity index (χ3n) is 2.21. The molecule has 0 unspecified atom stereocenters. The van der Waals surface area contributed by atoms with Crippen molar-refractivity contribution in [3.8, 4) is 0 Å². The zero-order valence-corrected chi connectivity index (χ0v) is 9.31. The van der Waals surface area contributed by atoms with E-state index in [1.165, 1.54) is 0 Å². The molecule has 0 atom stereocenters. The molecule has 2 rings (SSSR count). The number of hydrogen-bond acceptors (Lipinski definition) is 0. The van der Waals surface area contributed by atoms with Crippen LogP contribution in [0.2, 0.25) is 0 Å². The van der Waals surface area contributed by atoms with Crippen LogP contribution in [0.15, 0.2) is 36.4 Å². The smallest absolute Gasteiger partial charge is 0.00626 e. The van der Waals surface area contributed by atoms with Crippen LogP contribution in [-0.4, -0.2) is 0 Å². The topological polar surface area (TPSA) is 0 Å². The first-order valence-corrected chi connectivity index (χ1v) is 6.01. The Hall–Kier alpha value is -0.740. The van der Waals surface area contributed by atoms with E-state index < -0.39 is 0 Å². The molecular weight excluding hydrogens is 175 g/mol. The normalized spacial score (nSPS) is 12.2. The average molecular weight is 190 g/mol. The van der Waals surface area contributed by atoms with Crippen molar-refractivity contribution in [2.24, 2.45) is 0 Å². The molecule has 13 heavy (non-hydrogen) atoms. The van der Waals surface area contributed by atoms with Crippen LogP contribution >= 0.6 is 7.53 Å². The lowest BCUT2D eigenvalue weighted by molar-refractivity contribution is 0.721. The Morgan fingerprint density at radius 3 is 1.69 bits per heavy atom. The van der Waals surface area contributed by atoms with Crippen molar-refractivity contribution in [3.05, 3.63) is 46.3 Å². The van der Waals surface area contributed by atoms with E-state index in [4.69, 9.17) is 0 Å². The second kappa shape index (κ2) is 2.89. The summed E-state index contributed by atoms with van der Waals surface area (Å²) in [6.45, 7) is 7.00. The van der Waals surface area contributed by atoms with E-state index in [1.807, 2.05) is 0 Å². The molecule has 0 aromatic carbocycles. The van der Waals surface area contributed by atoms with Gasteiger partial charge in [-0.3, -0.25) is 0 Å². The summed E-state index contributed by atoms with van der Waals surface area (Å²) in [5.41, 5.74) is 0. The lowest BCUT2D eigenvalue weighted by atomic mass is 10.3. The minimum atomic E-state index is 0.0296. The van der Waals surface area contributed by atoms with Crippen LogP contribution in [0.25, 0.3) is 0 Å². The largest absolute Gasteiger partial charge is 0.103 e. The summed E-state index contributed by atoms with van der Waals surface area (Å²) in [5.74, 6) is 0. The quantitative estimate of drug-likeness (QED) is 0.585. The number of hydrogen-bond donors (Lipinski definition) is 0. The highest BCUT2D eigenvalue weighted by Gasteiger charge is 2.21. The molecule has 0 fully saturated rings. The van der Waals surface area contributed by atoms with Crippen molar-refractivity contribution in [1.82, 2.24) is 0 Å². The number of rotatable bonds is 0. The third-order valence-corrected chi connectivity index (χ3v) is 5.07. The molecule has 2 aliphatic rings. The molecule has 0 saturated carbocycles. The summed E-state index contributed by atoms with van der Waals surface area (Å²) in [7, 11) is 0.0296. The SMILES string of the molecule is CC(C)(C)p1c2ccccccc1=2. The molecule has 0 bridgehead atoms. The molecule has 0 spiro atoms. The van der Waals surface area contributed by atoms with Gasteiger partial charge in [0.25, 0.3) is 0 Å². The van der Waals surface area contributed by atoms with E-state index in [9.17, 15) is 0 Å². The first-order chi connectivity index (χ1) is 6.11. The van der Waals surface area contributed by atoms with Crippen LogP contribution in [0.3, 0.4) is 0 Å². The van der Waals surface area contributed by atoms with Gasteiger partial charge in [-0.15, -0.1) is 7.53 Å². The highest BCUT2D eigenvalue weighted by atomic mass is 31.1. The van der Waals surface area contributed by atoms with Crippen molar-refractivity contribution in [3.63, 3.8) is 0 Å². The van der Waals surface area contributed by atoms with Crippen molar-refractivity contribution in [1.29, 1.82) is 0 Å². The maximum atomic E-state index is 2.33. The lowest BCUT2D eigenvalue weighted by Gasteiger charge is -2.12. The Morgan fingerprint density at radius 1 is 0.846 bits per heavy atom. The van der Waals surface area contributed by atoms with Gasteiger partial charge in [-0.05, 0) is 0 Å². The van der Waals surface area contributed by atoms with Gasteiger partial charge in [-0.2, -0.15) is 0 Å². The second-order valence-electron chi connectivity index (χ2n) is 4.38. The predicted molar refractivity (Wildman–Crippen MR) is 59.4 cm³/mol. The van der Waals surface area contributed by atoms with Crippen LogP contribution < -0.4 is 0 Å². The standard InChI is InChI=1S/C12H15P/c1-12(2,3)13-10-8-6-4-5-7-9-11(10)13/h4-9H,1-3H3. The van der Waals surface area contributed by atoms with Crippen LogP contribution in [-0.2, 0) is 5.16 Å². The summed E-state index contributed by atoms with van der Waals surface area (Å²) < 4.78 is 0. The van der Waals surface area contributed by atoms with E-state index in [0.29, 0.717) is 5.16 Å². The molecule has 0 nitrogen and oxygen atoms in total. The van der Waals surface area contributed by atoms with Gasteiger partial charge < -0.3 is 0 Å². The molecule has 68 valence electrons. The molecule has 0 amide bonds. The van der Waals surface area contributed by atoms with Gasteiger partial charge in [0, 0.05) is 15.1 Å². The first-order valence-electron chi connectivity index (χ1n) is 4.66. The van der Waals surface area contributed by atoms with Crippen LogP contribution in [0.1, 0.15) is 20.8 Å². The predicted octanol–water partition coefficient (Wildman–Crippen LogP) is 4.15. The van der Waals surface area contributed by atoms with Crippen molar-refractivity contribution >= 4 is 7.53 Å². The molecule has 1 aliphatic carbocycles. The van der Waals surface area contributed by atoms with Gasteiger partial charge in [0.2, 0.25) is 0 Å². The van der Waals surface area contributed by atoms with E-state index in [-0.39, 0.29) is 7.53 Å². The molecule has 0 aromatic heterocycles. The third kappa shape index (κ3) is 1.64. The maximum Gasteiger partial charge on any atom is 0.00626 e. The van der Waals surface area contributed by atoms with Crippen molar-refractivity contribution in [2.75, 3.05) is 0 Å². The van der Waals surface area contributed by atoms with E-state index in [2.05, 4.69) is 57.2 Å². The molecule has 0 saturated heterocycles. The average Bonchev–Trinajstić information content (AvgIpc) is 2.59. The molecular formula is C12H15P.